The second-order valence-corrected chi connectivity index (χ2v) is 7.14. The summed E-state index contributed by atoms with van der Waals surface area (Å²) in [5.74, 6) is 1.66. The van der Waals surface area contributed by atoms with E-state index in [-0.39, 0.29) is 5.60 Å². The number of rotatable bonds is 8. The van der Waals surface area contributed by atoms with Gasteiger partial charge in [0.1, 0.15) is 11.5 Å². The first-order valence-corrected chi connectivity index (χ1v) is 9.52. The number of ether oxygens (including phenoxy) is 2. The first kappa shape index (κ1) is 21.0. The van der Waals surface area contributed by atoms with Gasteiger partial charge in [-0.15, -0.1) is 0 Å². The minimum Gasteiger partial charge on any atom is -0.457 e. The van der Waals surface area contributed by atoms with Gasteiger partial charge in [-0.25, -0.2) is 4.99 Å². The van der Waals surface area contributed by atoms with Crippen molar-refractivity contribution in [2.24, 2.45) is 4.99 Å². The maximum atomic E-state index is 6.20. The average molecular weight is 369 g/mol. The average Bonchev–Trinajstić information content (AvgIpc) is 2.68. The van der Waals surface area contributed by atoms with Crippen molar-refractivity contribution in [3.8, 4) is 11.5 Å². The van der Waals surface area contributed by atoms with Crippen LogP contribution in [0.5, 0.6) is 11.5 Å². The molecule has 0 aliphatic rings. The third kappa shape index (κ3) is 5.10. The quantitative estimate of drug-likeness (QED) is 0.425. The second kappa shape index (κ2) is 9.05. The summed E-state index contributed by atoms with van der Waals surface area (Å²) < 4.78 is 11.9. The van der Waals surface area contributed by atoms with Crippen LogP contribution in [0.2, 0.25) is 0 Å². The van der Waals surface area contributed by atoms with Gasteiger partial charge >= 0.3 is 0 Å². The Bertz CT molecular complexity index is 795. The summed E-state index contributed by atoms with van der Waals surface area (Å²) in [5, 5.41) is 0. The molecule has 0 aromatic heterocycles. The molecular formula is C23H32N2O2. The van der Waals surface area contributed by atoms with Crippen LogP contribution in [0.1, 0.15) is 43.9 Å². The van der Waals surface area contributed by atoms with Crippen molar-refractivity contribution in [1.29, 1.82) is 0 Å². The molecule has 4 heteroatoms. The first-order chi connectivity index (χ1) is 12.8. The van der Waals surface area contributed by atoms with Crippen molar-refractivity contribution >= 4 is 12.0 Å². The van der Waals surface area contributed by atoms with Crippen LogP contribution < -0.4 is 4.74 Å². The van der Waals surface area contributed by atoms with Crippen molar-refractivity contribution < 1.29 is 9.47 Å². The van der Waals surface area contributed by atoms with Crippen molar-refractivity contribution in [1.82, 2.24) is 4.90 Å². The van der Waals surface area contributed by atoms with Gasteiger partial charge in [-0.2, -0.15) is 0 Å². The number of aliphatic imine (C=N–C) groups is 1. The minimum absolute atomic E-state index is 0.311. The molecule has 0 aliphatic carbocycles. The molecule has 27 heavy (non-hydrogen) atoms. The first-order valence-electron chi connectivity index (χ1n) is 9.52. The Hall–Kier alpha value is -2.33. The summed E-state index contributed by atoms with van der Waals surface area (Å²) in [6.45, 7) is 11.4. The van der Waals surface area contributed by atoms with Gasteiger partial charge in [-0.3, -0.25) is 0 Å². The van der Waals surface area contributed by atoms with E-state index in [1.54, 1.807) is 7.11 Å². The largest absolute Gasteiger partial charge is 0.457 e. The molecule has 1 unspecified atom stereocenters. The molecule has 0 saturated carbocycles. The third-order valence-electron chi connectivity index (χ3n) is 5.18. The molecule has 146 valence electrons. The fourth-order valence-corrected chi connectivity index (χ4v) is 2.75. The van der Waals surface area contributed by atoms with E-state index in [4.69, 9.17) is 9.47 Å². The van der Waals surface area contributed by atoms with E-state index in [0.717, 1.165) is 46.8 Å². The van der Waals surface area contributed by atoms with E-state index in [1.807, 2.05) is 37.3 Å². The van der Waals surface area contributed by atoms with E-state index < -0.39 is 0 Å². The van der Waals surface area contributed by atoms with E-state index in [1.165, 1.54) is 0 Å². The molecule has 0 heterocycles. The lowest BCUT2D eigenvalue weighted by Crippen LogP contribution is -2.22. The molecule has 2 aromatic carbocycles. The number of nitrogens with zero attached hydrogens (tertiary/aromatic N) is 2. The lowest BCUT2D eigenvalue weighted by molar-refractivity contribution is -0.00152. The van der Waals surface area contributed by atoms with Crippen molar-refractivity contribution in [2.45, 2.75) is 46.6 Å². The Balaban J connectivity index is 2.28. The molecule has 0 amide bonds. The van der Waals surface area contributed by atoms with Crippen LogP contribution in [0.4, 0.5) is 5.69 Å². The molecule has 0 fully saturated rings. The van der Waals surface area contributed by atoms with Gasteiger partial charge in [-0.05, 0) is 75.1 Å². The fourth-order valence-electron chi connectivity index (χ4n) is 2.75. The molecule has 4 nitrogen and oxygen atoms in total. The molecule has 1 atom stereocenters. The summed E-state index contributed by atoms with van der Waals surface area (Å²) in [6.07, 6.45) is 2.76. The van der Waals surface area contributed by atoms with Gasteiger partial charge in [-0.1, -0.05) is 19.1 Å². The maximum absolute atomic E-state index is 6.20. The third-order valence-corrected chi connectivity index (χ3v) is 5.18. The highest BCUT2D eigenvalue weighted by Crippen LogP contribution is 2.34. The maximum Gasteiger partial charge on any atom is 0.130 e. The van der Waals surface area contributed by atoms with Gasteiger partial charge in [0.25, 0.3) is 0 Å². The van der Waals surface area contributed by atoms with Crippen molar-refractivity contribution in [3.63, 3.8) is 0 Å². The zero-order valence-corrected chi connectivity index (χ0v) is 17.7. The molecule has 0 bridgehead atoms. The van der Waals surface area contributed by atoms with Crippen LogP contribution in [-0.4, -0.2) is 31.9 Å². The molecule has 0 radical (unpaired) electrons. The fraction of sp³-hybridized carbons (Fsp3) is 0.435. The molecular weight excluding hydrogens is 336 g/mol. The predicted molar refractivity (Wildman–Crippen MR) is 114 cm³/mol. The summed E-state index contributed by atoms with van der Waals surface area (Å²) in [6, 6.07) is 12.3. The lowest BCUT2D eigenvalue weighted by atomic mass is 9.93. The zero-order chi connectivity index (χ0) is 20.0. The summed E-state index contributed by atoms with van der Waals surface area (Å²) in [7, 11) is 3.76. The Morgan fingerprint density at radius 2 is 1.85 bits per heavy atom. The summed E-state index contributed by atoms with van der Waals surface area (Å²) in [5.41, 5.74) is 3.91. The monoisotopic (exact) mass is 368 g/mol. The minimum atomic E-state index is -0.311. The smallest absolute Gasteiger partial charge is 0.130 e. The lowest BCUT2D eigenvalue weighted by Gasteiger charge is -2.27. The van der Waals surface area contributed by atoms with Crippen LogP contribution in [0.15, 0.2) is 41.4 Å². The van der Waals surface area contributed by atoms with Gasteiger partial charge in [0.15, 0.2) is 0 Å². The molecule has 0 N–H and O–H groups in total. The highest BCUT2D eigenvalue weighted by atomic mass is 16.5. The summed E-state index contributed by atoms with van der Waals surface area (Å²) in [4.78, 5) is 6.63. The molecule has 2 rings (SSSR count). The Kier molecular flexibility index (Phi) is 7.03. The van der Waals surface area contributed by atoms with E-state index >= 15 is 0 Å². The SMILES string of the molecule is CCN(C)/C=N/c1cc(C)c(Oc2cccc(C(C)(CC)OC)c2)cc1C. The topological polar surface area (TPSA) is 34.1 Å². The molecule has 0 saturated heterocycles. The molecule has 2 aromatic rings. The zero-order valence-electron chi connectivity index (χ0n) is 17.7. The van der Waals surface area contributed by atoms with Crippen molar-refractivity contribution in [2.75, 3.05) is 20.7 Å². The Morgan fingerprint density at radius 1 is 1.11 bits per heavy atom. The second-order valence-electron chi connectivity index (χ2n) is 7.14. The standard InChI is InChI=1S/C23H32N2O2/c1-8-23(5,26-7)19-11-10-12-20(15-19)27-22-14-17(3)21(13-18(22)4)24-16-25(6)9-2/h10-16H,8-9H2,1-7H3/b24-16+. The Labute approximate surface area is 163 Å². The van der Waals surface area contributed by atoms with Gasteiger partial charge in [0, 0.05) is 20.7 Å². The van der Waals surface area contributed by atoms with Crippen LogP contribution >= 0.6 is 0 Å². The van der Waals surface area contributed by atoms with Crippen LogP contribution in [0.25, 0.3) is 0 Å². The number of methoxy groups -OCH3 is 1. The molecule has 0 aliphatic heterocycles. The summed E-state index contributed by atoms with van der Waals surface area (Å²) >= 11 is 0. The number of aryl methyl sites for hydroxylation is 2. The highest BCUT2D eigenvalue weighted by molar-refractivity contribution is 5.64. The molecule has 0 spiro atoms. The van der Waals surface area contributed by atoms with E-state index in [2.05, 4.69) is 57.0 Å². The van der Waals surface area contributed by atoms with Crippen LogP contribution in [0.3, 0.4) is 0 Å². The van der Waals surface area contributed by atoms with Gasteiger partial charge in [0.2, 0.25) is 0 Å². The van der Waals surface area contributed by atoms with Crippen LogP contribution in [-0.2, 0) is 10.3 Å². The Morgan fingerprint density at radius 3 is 2.48 bits per heavy atom. The van der Waals surface area contributed by atoms with E-state index in [0.29, 0.717) is 0 Å². The van der Waals surface area contributed by atoms with Gasteiger partial charge < -0.3 is 14.4 Å². The normalized spacial score (nSPS) is 13.6. The van der Waals surface area contributed by atoms with Crippen LogP contribution in [0, 0.1) is 13.8 Å². The predicted octanol–water partition coefficient (Wildman–Crippen LogP) is 5.98. The highest BCUT2D eigenvalue weighted by Gasteiger charge is 2.24. The van der Waals surface area contributed by atoms with Crippen molar-refractivity contribution in [3.05, 3.63) is 53.1 Å². The number of benzene rings is 2. The number of hydrogen-bond donors (Lipinski definition) is 0. The number of hydrogen-bond acceptors (Lipinski definition) is 3. The van der Waals surface area contributed by atoms with E-state index in [9.17, 15) is 0 Å². The van der Waals surface area contributed by atoms with Gasteiger partial charge in [0.05, 0.1) is 17.6 Å².